The van der Waals surface area contributed by atoms with Crippen molar-refractivity contribution >= 4 is 21.6 Å². The predicted molar refractivity (Wildman–Crippen MR) is 97.2 cm³/mol. The van der Waals surface area contributed by atoms with Gasteiger partial charge >= 0.3 is 0 Å². The summed E-state index contributed by atoms with van der Waals surface area (Å²) in [6.07, 6.45) is 0. The zero-order chi connectivity index (χ0) is 18.4. The van der Waals surface area contributed by atoms with E-state index in [1.807, 2.05) is 13.0 Å². The third kappa shape index (κ3) is 5.04. The van der Waals surface area contributed by atoms with E-state index >= 15 is 0 Å². The van der Waals surface area contributed by atoms with Gasteiger partial charge in [0.05, 0.1) is 17.5 Å². The highest BCUT2D eigenvalue weighted by atomic mass is 32.2. The van der Waals surface area contributed by atoms with Gasteiger partial charge in [-0.2, -0.15) is 4.72 Å². The predicted octanol–water partition coefficient (Wildman–Crippen LogP) is 2.70. The maximum atomic E-state index is 12.5. The Kier molecular flexibility index (Phi) is 6.17. The summed E-state index contributed by atoms with van der Waals surface area (Å²) in [5, 5.41) is 2.67. The number of carbonyl (C=O) groups is 1. The Morgan fingerprint density at radius 2 is 1.84 bits per heavy atom. The van der Waals surface area contributed by atoms with Gasteiger partial charge < -0.3 is 10.1 Å². The molecule has 2 aromatic carbocycles. The summed E-state index contributed by atoms with van der Waals surface area (Å²) in [4.78, 5) is 12.3. The number of para-hydroxylation sites is 1. The Balaban J connectivity index is 2.09. The molecule has 1 atom stereocenters. The van der Waals surface area contributed by atoms with Gasteiger partial charge in [0.1, 0.15) is 5.75 Å². The van der Waals surface area contributed by atoms with Gasteiger partial charge in [-0.3, -0.25) is 4.79 Å². The Bertz CT molecular complexity index is 835. The van der Waals surface area contributed by atoms with Crippen LogP contribution in [-0.4, -0.2) is 27.0 Å². The minimum Gasteiger partial charge on any atom is -0.494 e. The molecule has 0 bridgehead atoms. The fourth-order valence-electron chi connectivity index (χ4n) is 2.23. The number of ether oxygens (including phenoxy) is 1. The van der Waals surface area contributed by atoms with Crippen LogP contribution in [0.3, 0.4) is 0 Å². The maximum absolute atomic E-state index is 12.5. The quantitative estimate of drug-likeness (QED) is 0.793. The molecule has 134 valence electrons. The molecule has 2 aromatic rings. The average Bonchev–Trinajstić information content (AvgIpc) is 2.57. The van der Waals surface area contributed by atoms with E-state index in [1.165, 1.54) is 19.1 Å². The van der Waals surface area contributed by atoms with Crippen molar-refractivity contribution in [2.75, 3.05) is 11.9 Å². The maximum Gasteiger partial charge on any atom is 0.242 e. The minimum atomic E-state index is -3.82. The Labute approximate surface area is 148 Å². The van der Waals surface area contributed by atoms with Gasteiger partial charge in [0.2, 0.25) is 15.9 Å². The molecule has 2 N–H and O–H groups in total. The van der Waals surface area contributed by atoms with Crippen molar-refractivity contribution in [3.8, 4) is 5.75 Å². The minimum absolute atomic E-state index is 0.0906. The number of carbonyl (C=O) groups excluding carboxylic acids is 1. The van der Waals surface area contributed by atoms with Gasteiger partial charge in [-0.1, -0.05) is 18.2 Å². The third-order valence-corrected chi connectivity index (χ3v) is 5.06. The molecule has 2 rings (SSSR count). The summed E-state index contributed by atoms with van der Waals surface area (Å²) < 4.78 is 32.8. The topological polar surface area (TPSA) is 84.5 Å². The standard InChI is InChI=1S/C18H22N2O4S/c1-4-24-17-11-10-16(12-13(17)2)25(22,23)20-14(3)18(21)19-15-8-6-5-7-9-15/h5-12,14,20H,4H2,1-3H3,(H,19,21)/t14-/m0/s1. The molecule has 0 saturated carbocycles. The average molecular weight is 362 g/mol. The number of hydrogen-bond acceptors (Lipinski definition) is 4. The highest BCUT2D eigenvalue weighted by molar-refractivity contribution is 7.89. The number of amides is 1. The second-order valence-corrected chi connectivity index (χ2v) is 7.27. The number of anilines is 1. The second kappa shape index (κ2) is 8.13. The molecule has 6 nitrogen and oxygen atoms in total. The van der Waals surface area contributed by atoms with Crippen LogP contribution in [0.15, 0.2) is 53.4 Å². The summed E-state index contributed by atoms with van der Waals surface area (Å²) in [5.74, 6) is 0.203. The molecule has 0 saturated heterocycles. The van der Waals surface area contributed by atoms with Crippen molar-refractivity contribution in [2.24, 2.45) is 0 Å². The van der Waals surface area contributed by atoms with Gasteiger partial charge in [-0.25, -0.2) is 8.42 Å². The number of sulfonamides is 1. The molecule has 0 unspecified atom stereocenters. The number of benzene rings is 2. The molecular formula is C18H22N2O4S. The van der Waals surface area contributed by atoms with Crippen LogP contribution in [0.1, 0.15) is 19.4 Å². The van der Waals surface area contributed by atoms with E-state index in [9.17, 15) is 13.2 Å². The SMILES string of the molecule is CCOc1ccc(S(=O)(=O)N[C@@H](C)C(=O)Nc2ccccc2)cc1C. The third-order valence-electron chi connectivity index (χ3n) is 3.52. The Morgan fingerprint density at radius 3 is 2.44 bits per heavy atom. The Hall–Kier alpha value is -2.38. The lowest BCUT2D eigenvalue weighted by Crippen LogP contribution is -2.41. The molecule has 0 heterocycles. The second-order valence-electron chi connectivity index (χ2n) is 5.56. The molecule has 0 aliphatic rings. The molecular weight excluding hydrogens is 340 g/mol. The van der Waals surface area contributed by atoms with E-state index in [0.717, 1.165) is 0 Å². The van der Waals surface area contributed by atoms with E-state index in [0.29, 0.717) is 23.6 Å². The smallest absolute Gasteiger partial charge is 0.242 e. The van der Waals surface area contributed by atoms with Gasteiger partial charge in [-0.15, -0.1) is 0 Å². The van der Waals surface area contributed by atoms with Crippen molar-refractivity contribution in [1.82, 2.24) is 4.72 Å². The van der Waals surface area contributed by atoms with E-state index in [-0.39, 0.29) is 4.90 Å². The lowest BCUT2D eigenvalue weighted by atomic mass is 10.2. The van der Waals surface area contributed by atoms with Gasteiger partial charge in [0, 0.05) is 5.69 Å². The molecule has 1 amide bonds. The number of nitrogens with one attached hydrogen (secondary N) is 2. The lowest BCUT2D eigenvalue weighted by Gasteiger charge is -2.15. The van der Waals surface area contributed by atoms with Crippen molar-refractivity contribution in [3.63, 3.8) is 0 Å². The van der Waals surface area contributed by atoms with E-state index in [4.69, 9.17) is 4.74 Å². The zero-order valence-corrected chi connectivity index (χ0v) is 15.3. The highest BCUT2D eigenvalue weighted by Crippen LogP contribution is 2.22. The summed E-state index contributed by atoms with van der Waals surface area (Å²) >= 11 is 0. The van der Waals surface area contributed by atoms with Crippen molar-refractivity contribution in [3.05, 3.63) is 54.1 Å². The molecule has 0 aliphatic carbocycles. The summed E-state index contributed by atoms with van der Waals surface area (Å²) in [6, 6.07) is 12.5. The van der Waals surface area contributed by atoms with E-state index in [1.54, 1.807) is 37.3 Å². The largest absolute Gasteiger partial charge is 0.494 e. The highest BCUT2D eigenvalue weighted by Gasteiger charge is 2.22. The van der Waals surface area contributed by atoms with Crippen LogP contribution in [0.25, 0.3) is 0 Å². The van der Waals surface area contributed by atoms with Gasteiger partial charge in [0.15, 0.2) is 0 Å². The molecule has 0 aliphatic heterocycles. The molecule has 0 radical (unpaired) electrons. The van der Waals surface area contributed by atoms with Crippen LogP contribution in [0.2, 0.25) is 0 Å². The zero-order valence-electron chi connectivity index (χ0n) is 14.4. The molecule has 0 fully saturated rings. The fourth-order valence-corrected chi connectivity index (χ4v) is 3.52. The monoisotopic (exact) mass is 362 g/mol. The Morgan fingerprint density at radius 1 is 1.16 bits per heavy atom. The first-order valence-electron chi connectivity index (χ1n) is 7.95. The summed E-state index contributed by atoms with van der Waals surface area (Å²) in [6.45, 7) is 5.63. The fraction of sp³-hybridized carbons (Fsp3) is 0.278. The van der Waals surface area contributed by atoms with Crippen molar-refractivity contribution in [1.29, 1.82) is 0 Å². The lowest BCUT2D eigenvalue weighted by molar-refractivity contribution is -0.117. The number of rotatable bonds is 7. The molecule has 7 heteroatoms. The van der Waals surface area contributed by atoms with Crippen LogP contribution in [0.4, 0.5) is 5.69 Å². The van der Waals surface area contributed by atoms with E-state index in [2.05, 4.69) is 10.0 Å². The normalized spacial score (nSPS) is 12.4. The van der Waals surface area contributed by atoms with Crippen molar-refractivity contribution in [2.45, 2.75) is 31.7 Å². The summed E-state index contributed by atoms with van der Waals surface area (Å²) in [5.41, 5.74) is 1.32. The van der Waals surface area contributed by atoms with Gasteiger partial charge in [0.25, 0.3) is 0 Å². The van der Waals surface area contributed by atoms with Crippen LogP contribution < -0.4 is 14.8 Å². The summed E-state index contributed by atoms with van der Waals surface area (Å²) in [7, 11) is -3.82. The molecule has 0 aromatic heterocycles. The number of aryl methyl sites for hydroxylation is 1. The van der Waals surface area contributed by atoms with Crippen molar-refractivity contribution < 1.29 is 17.9 Å². The van der Waals surface area contributed by atoms with E-state index < -0.39 is 22.0 Å². The molecule has 25 heavy (non-hydrogen) atoms. The van der Waals surface area contributed by atoms with Crippen LogP contribution >= 0.6 is 0 Å². The first-order valence-corrected chi connectivity index (χ1v) is 9.43. The first-order chi connectivity index (χ1) is 11.8. The van der Waals surface area contributed by atoms with Crippen LogP contribution in [-0.2, 0) is 14.8 Å². The van der Waals surface area contributed by atoms with Crippen LogP contribution in [0, 0.1) is 6.92 Å². The van der Waals surface area contributed by atoms with Crippen LogP contribution in [0.5, 0.6) is 5.75 Å². The first kappa shape index (κ1) is 19.0. The number of hydrogen-bond donors (Lipinski definition) is 2. The molecule has 0 spiro atoms. The van der Waals surface area contributed by atoms with Gasteiger partial charge in [-0.05, 0) is 56.7 Å².